The van der Waals surface area contributed by atoms with Crippen LogP contribution in [0.25, 0.3) is 0 Å². The van der Waals surface area contributed by atoms with E-state index in [9.17, 15) is 9.59 Å². The number of carbonyl (C=O) groups is 2. The van der Waals surface area contributed by atoms with Gasteiger partial charge in [-0.3, -0.25) is 9.59 Å². The molecule has 0 aromatic carbocycles. The number of carbonyl (C=O) groups excluding carboxylic acids is 2. The molecule has 0 aliphatic heterocycles. The van der Waals surface area contributed by atoms with Crippen molar-refractivity contribution in [3.05, 3.63) is 12.2 Å². The summed E-state index contributed by atoms with van der Waals surface area (Å²) in [5.74, 6) is 0.228. The molecule has 0 atom stereocenters. The van der Waals surface area contributed by atoms with Crippen LogP contribution < -0.4 is 0 Å². The fourth-order valence-corrected chi connectivity index (χ4v) is 3.57. The van der Waals surface area contributed by atoms with E-state index in [0.29, 0.717) is 12.8 Å². The van der Waals surface area contributed by atoms with E-state index in [2.05, 4.69) is 13.8 Å². The predicted octanol–water partition coefficient (Wildman–Crippen LogP) is 8.52. The first-order valence-electron chi connectivity index (χ1n) is 12.4. The molecule has 0 bridgehead atoms. The maximum Gasteiger partial charge on any atom is 0.155 e. The van der Waals surface area contributed by atoms with Crippen LogP contribution in [0.5, 0.6) is 0 Å². The summed E-state index contributed by atoms with van der Waals surface area (Å²) in [5.41, 5.74) is 0. The van der Waals surface area contributed by atoms with E-state index in [4.69, 9.17) is 0 Å². The van der Waals surface area contributed by atoms with Crippen molar-refractivity contribution >= 4 is 11.6 Å². The lowest BCUT2D eigenvalue weighted by atomic mass is 10.0. The Bertz CT molecular complexity index is 348. The van der Waals surface area contributed by atoms with Gasteiger partial charge in [-0.2, -0.15) is 0 Å². The van der Waals surface area contributed by atoms with Gasteiger partial charge in [-0.25, -0.2) is 0 Å². The summed E-state index contributed by atoms with van der Waals surface area (Å²) in [5, 5.41) is 0. The second-order valence-corrected chi connectivity index (χ2v) is 8.42. The number of hydrogen-bond donors (Lipinski definition) is 0. The molecule has 0 fully saturated rings. The van der Waals surface area contributed by atoms with Crippen LogP contribution >= 0.6 is 0 Å². The van der Waals surface area contributed by atoms with Crippen molar-refractivity contribution in [1.29, 1.82) is 0 Å². The molecule has 0 rings (SSSR count). The fraction of sp³-hybridized carbons (Fsp3) is 0.846. The van der Waals surface area contributed by atoms with Gasteiger partial charge in [0.1, 0.15) is 0 Å². The molecular formula is C26H48O2. The third kappa shape index (κ3) is 21.4. The Morgan fingerprint density at radius 3 is 0.964 bits per heavy atom. The molecular weight excluding hydrogens is 344 g/mol. The number of ketones is 2. The molecule has 2 nitrogen and oxygen atoms in total. The highest BCUT2D eigenvalue weighted by atomic mass is 16.1. The third-order valence-corrected chi connectivity index (χ3v) is 5.51. The van der Waals surface area contributed by atoms with Crippen molar-refractivity contribution in [2.45, 2.75) is 142 Å². The predicted molar refractivity (Wildman–Crippen MR) is 123 cm³/mol. The molecule has 0 amide bonds. The van der Waals surface area contributed by atoms with Gasteiger partial charge in [0.05, 0.1) is 0 Å². The lowest BCUT2D eigenvalue weighted by Gasteiger charge is -2.01. The summed E-state index contributed by atoms with van der Waals surface area (Å²) in [7, 11) is 0. The quantitative estimate of drug-likeness (QED) is 0.137. The molecule has 28 heavy (non-hydrogen) atoms. The first kappa shape index (κ1) is 27.1. The van der Waals surface area contributed by atoms with Gasteiger partial charge in [-0.1, -0.05) is 117 Å². The maximum atomic E-state index is 11.8. The van der Waals surface area contributed by atoms with Crippen LogP contribution in [0.4, 0.5) is 0 Å². The van der Waals surface area contributed by atoms with E-state index in [1.807, 2.05) is 0 Å². The summed E-state index contributed by atoms with van der Waals surface area (Å²) in [6, 6.07) is 0. The highest BCUT2D eigenvalue weighted by Gasteiger charge is 2.01. The van der Waals surface area contributed by atoms with E-state index in [1.165, 1.54) is 102 Å². The maximum absolute atomic E-state index is 11.8. The molecule has 0 heterocycles. The molecule has 2 heteroatoms. The second kappa shape index (κ2) is 22.4. The van der Waals surface area contributed by atoms with Gasteiger partial charge >= 0.3 is 0 Å². The lowest BCUT2D eigenvalue weighted by molar-refractivity contribution is -0.116. The van der Waals surface area contributed by atoms with Gasteiger partial charge in [0.15, 0.2) is 11.6 Å². The van der Waals surface area contributed by atoms with Crippen LogP contribution in [0, 0.1) is 0 Å². The van der Waals surface area contributed by atoms with E-state index in [1.54, 1.807) is 0 Å². The SMILES string of the molecule is CCCCCCCCCCCC(=O)/C=C\C(=O)CCCCCCCCCCC. The molecule has 0 radical (unpaired) electrons. The average molecular weight is 393 g/mol. The van der Waals surface area contributed by atoms with Gasteiger partial charge in [0.2, 0.25) is 0 Å². The zero-order valence-corrected chi connectivity index (χ0v) is 19.1. The summed E-state index contributed by atoms with van der Waals surface area (Å²) < 4.78 is 0. The molecule has 0 aromatic heterocycles. The minimum Gasteiger partial charge on any atom is -0.295 e. The van der Waals surface area contributed by atoms with Crippen molar-refractivity contribution in [2.24, 2.45) is 0 Å². The van der Waals surface area contributed by atoms with Crippen molar-refractivity contribution in [3.63, 3.8) is 0 Å². The molecule has 0 saturated carbocycles. The topological polar surface area (TPSA) is 34.1 Å². The molecule has 0 spiro atoms. The van der Waals surface area contributed by atoms with Crippen molar-refractivity contribution in [3.8, 4) is 0 Å². The molecule has 0 unspecified atom stereocenters. The van der Waals surface area contributed by atoms with Crippen LogP contribution in [0.2, 0.25) is 0 Å². The molecule has 0 aromatic rings. The first-order valence-corrected chi connectivity index (χ1v) is 12.4. The standard InChI is InChI=1S/C26H48O2/c1-3-5-7-9-11-13-15-17-19-21-25(27)23-24-26(28)22-20-18-16-14-12-10-8-6-4-2/h23-24H,3-22H2,1-2H3/b24-23-. The monoisotopic (exact) mass is 392 g/mol. The zero-order chi connectivity index (χ0) is 20.7. The van der Waals surface area contributed by atoms with Gasteiger partial charge < -0.3 is 0 Å². The van der Waals surface area contributed by atoms with Crippen LogP contribution in [-0.2, 0) is 9.59 Å². The fourth-order valence-electron chi connectivity index (χ4n) is 3.57. The zero-order valence-electron chi connectivity index (χ0n) is 19.1. The van der Waals surface area contributed by atoms with E-state index < -0.39 is 0 Å². The summed E-state index contributed by atoms with van der Waals surface area (Å²) >= 11 is 0. The minimum absolute atomic E-state index is 0.114. The number of rotatable bonds is 22. The van der Waals surface area contributed by atoms with Gasteiger partial charge in [-0.05, 0) is 25.0 Å². The van der Waals surface area contributed by atoms with E-state index in [0.717, 1.165) is 25.7 Å². The summed E-state index contributed by atoms with van der Waals surface area (Å²) in [4.78, 5) is 23.7. The molecule has 0 aliphatic carbocycles. The Morgan fingerprint density at radius 1 is 0.429 bits per heavy atom. The largest absolute Gasteiger partial charge is 0.295 e. The summed E-state index contributed by atoms with van der Waals surface area (Å²) in [6.45, 7) is 4.49. The molecule has 0 aliphatic rings. The van der Waals surface area contributed by atoms with Crippen LogP contribution in [0.3, 0.4) is 0 Å². The van der Waals surface area contributed by atoms with E-state index >= 15 is 0 Å². The molecule has 0 N–H and O–H groups in total. The van der Waals surface area contributed by atoms with Crippen LogP contribution in [-0.4, -0.2) is 11.6 Å². The van der Waals surface area contributed by atoms with Gasteiger partial charge in [0, 0.05) is 12.8 Å². The Balaban J connectivity index is 3.43. The van der Waals surface area contributed by atoms with Crippen molar-refractivity contribution in [2.75, 3.05) is 0 Å². The number of hydrogen-bond acceptors (Lipinski definition) is 2. The smallest absolute Gasteiger partial charge is 0.155 e. The normalized spacial score (nSPS) is 11.4. The molecule has 0 saturated heterocycles. The Kier molecular flexibility index (Phi) is 21.6. The van der Waals surface area contributed by atoms with Crippen LogP contribution in [0.15, 0.2) is 12.2 Å². The van der Waals surface area contributed by atoms with Crippen LogP contribution in [0.1, 0.15) is 142 Å². The number of unbranched alkanes of at least 4 members (excludes halogenated alkanes) is 16. The Morgan fingerprint density at radius 2 is 0.679 bits per heavy atom. The van der Waals surface area contributed by atoms with Gasteiger partial charge in [0.25, 0.3) is 0 Å². The third-order valence-electron chi connectivity index (χ3n) is 5.51. The number of allylic oxidation sites excluding steroid dienone is 2. The Hall–Kier alpha value is -0.920. The first-order chi connectivity index (χ1) is 13.7. The summed E-state index contributed by atoms with van der Waals surface area (Å²) in [6.07, 6.45) is 26.9. The van der Waals surface area contributed by atoms with E-state index in [-0.39, 0.29) is 11.6 Å². The van der Waals surface area contributed by atoms with Crippen molar-refractivity contribution in [1.82, 2.24) is 0 Å². The highest BCUT2D eigenvalue weighted by molar-refractivity contribution is 5.98. The Labute approximate surface area is 175 Å². The second-order valence-electron chi connectivity index (χ2n) is 8.42. The lowest BCUT2D eigenvalue weighted by Crippen LogP contribution is -1.97. The minimum atomic E-state index is 0.114. The van der Waals surface area contributed by atoms with Gasteiger partial charge in [-0.15, -0.1) is 0 Å². The molecule has 164 valence electrons. The highest BCUT2D eigenvalue weighted by Crippen LogP contribution is 2.12. The average Bonchev–Trinajstić information content (AvgIpc) is 2.69. The van der Waals surface area contributed by atoms with Crippen molar-refractivity contribution < 1.29 is 9.59 Å².